The minimum atomic E-state index is -0.199. The van der Waals surface area contributed by atoms with Crippen molar-refractivity contribution >= 4 is 40.6 Å². The molecular formula is C32H40FN7S. The smallest absolute Gasteiger partial charge is 0.232 e. The molecule has 1 aliphatic carbocycles. The minimum Gasteiger partial charge on any atom is -0.368 e. The molecule has 2 saturated heterocycles. The lowest BCUT2D eigenvalue weighted by Crippen LogP contribution is -2.47. The fourth-order valence-electron chi connectivity index (χ4n) is 6.58. The third kappa shape index (κ3) is 6.56. The number of piperidine rings is 1. The Morgan fingerprint density at radius 3 is 2.02 bits per heavy atom. The van der Waals surface area contributed by atoms with E-state index in [1.807, 2.05) is 12.1 Å². The van der Waals surface area contributed by atoms with Crippen molar-refractivity contribution in [3.05, 3.63) is 72.0 Å². The van der Waals surface area contributed by atoms with Crippen LogP contribution in [-0.4, -0.2) is 60.9 Å². The number of benzene rings is 2. The summed E-state index contributed by atoms with van der Waals surface area (Å²) in [7, 11) is 0. The normalized spacial score (nSPS) is 18.8. The van der Waals surface area contributed by atoms with E-state index in [1.165, 1.54) is 43.4 Å². The number of rotatable bonds is 7. The number of hydrogen-bond acceptors (Lipinski definition) is 6. The molecule has 2 aliphatic heterocycles. The van der Waals surface area contributed by atoms with Gasteiger partial charge in [-0.3, -0.25) is 0 Å². The van der Waals surface area contributed by atoms with Crippen molar-refractivity contribution in [3.8, 4) is 0 Å². The number of nitrogens with one attached hydrogen (secondary N) is 2. The topological polar surface area (TPSA) is 59.6 Å². The highest BCUT2D eigenvalue weighted by Crippen LogP contribution is 2.40. The summed E-state index contributed by atoms with van der Waals surface area (Å²) in [6, 6.07) is 19.7. The SMILES string of the molecule is Fc1ccc(C2(CNC(=S)Nc3nc(N4CCCCC4)cc(N4CCN(c5ccccc5)CC4)n3)CCCC2)cc1. The number of hydrogen-bond donors (Lipinski definition) is 2. The first kappa shape index (κ1) is 27.7. The first-order valence-electron chi connectivity index (χ1n) is 15.1. The molecule has 0 amide bonds. The van der Waals surface area contributed by atoms with Gasteiger partial charge in [0, 0.05) is 63.0 Å². The molecule has 2 aromatic carbocycles. The Labute approximate surface area is 248 Å². The highest BCUT2D eigenvalue weighted by Gasteiger charge is 2.35. The molecule has 3 aliphatic rings. The molecule has 0 atom stereocenters. The second-order valence-electron chi connectivity index (χ2n) is 11.6. The van der Waals surface area contributed by atoms with Crippen LogP contribution in [0.15, 0.2) is 60.7 Å². The maximum Gasteiger partial charge on any atom is 0.232 e. The maximum atomic E-state index is 13.6. The van der Waals surface area contributed by atoms with E-state index >= 15 is 0 Å². The van der Waals surface area contributed by atoms with Gasteiger partial charge >= 0.3 is 0 Å². The number of halogens is 1. The van der Waals surface area contributed by atoms with E-state index in [4.69, 9.17) is 22.2 Å². The van der Waals surface area contributed by atoms with Gasteiger partial charge in [0.25, 0.3) is 0 Å². The van der Waals surface area contributed by atoms with Gasteiger partial charge in [-0.05, 0) is 74.2 Å². The standard InChI is InChI=1S/C32H40FN7S/c33-26-13-11-25(12-14-26)32(15-5-6-16-32)24-34-31(41)37-30-35-28(39-17-7-2-8-18-39)23-29(36-30)40-21-19-38(20-22-40)27-9-3-1-4-10-27/h1,3-4,9-14,23H,2,5-8,15-22,24H2,(H2,34,35,36,37,41). The van der Waals surface area contributed by atoms with Crippen molar-refractivity contribution in [2.24, 2.45) is 0 Å². The fourth-order valence-corrected chi connectivity index (χ4v) is 6.74. The molecule has 1 aromatic heterocycles. The molecule has 6 rings (SSSR count). The largest absolute Gasteiger partial charge is 0.368 e. The molecule has 9 heteroatoms. The van der Waals surface area contributed by atoms with Gasteiger partial charge in [-0.2, -0.15) is 9.97 Å². The van der Waals surface area contributed by atoms with Crippen LogP contribution < -0.4 is 25.3 Å². The first-order valence-corrected chi connectivity index (χ1v) is 15.5. The molecule has 3 fully saturated rings. The Bertz CT molecular complexity index is 1300. The summed E-state index contributed by atoms with van der Waals surface area (Å²) in [6.07, 6.45) is 8.10. The lowest BCUT2D eigenvalue weighted by Gasteiger charge is -2.37. The molecule has 0 radical (unpaired) electrons. The molecule has 216 valence electrons. The average Bonchev–Trinajstić information content (AvgIpc) is 3.51. The van der Waals surface area contributed by atoms with E-state index in [0.29, 0.717) is 17.6 Å². The quantitative estimate of drug-likeness (QED) is 0.348. The van der Waals surface area contributed by atoms with E-state index in [2.05, 4.69) is 61.7 Å². The lowest BCUT2D eigenvalue weighted by atomic mass is 9.79. The average molecular weight is 574 g/mol. The van der Waals surface area contributed by atoms with Gasteiger partial charge in [0.2, 0.25) is 5.95 Å². The number of piperazine rings is 1. The second kappa shape index (κ2) is 12.6. The molecule has 2 N–H and O–H groups in total. The van der Waals surface area contributed by atoms with Crippen LogP contribution in [0.1, 0.15) is 50.5 Å². The zero-order chi connectivity index (χ0) is 28.1. The highest BCUT2D eigenvalue weighted by molar-refractivity contribution is 7.80. The van der Waals surface area contributed by atoms with Crippen LogP contribution >= 0.6 is 12.2 Å². The van der Waals surface area contributed by atoms with Crippen LogP contribution in [0, 0.1) is 5.82 Å². The predicted molar refractivity (Wildman–Crippen MR) is 170 cm³/mol. The third-order valence-electron chi connectivity index (χ3n) is 8.93. The summed E-state index contributed by atoms with van der Waals surface area (Å²) in [5.74, 6) is 2.24. The summed E-state index contributed by atoms with van der Waals surface area (Å²) >= 11 is 5.76. The van der Waals surface area contributed by atoms with Crippen molar-refractivity contribution in [1.82, 2.24) is 15.3 Å². The first-order chi connectivity index (χ1) is 20.1. The molecular weight excluding hydrogens is 533 g/mol. The van der Waals surface area contributed by atoms with Crippen molar-refractivity contribution in [2.75, 3.05) is 65.8 Å². The zero-order valence-corrected chi connectivity index (χ0v) is 24.5. The second-order valence-corrected chi connectivity index (χ2v) is 12.0. The van der Waals surface area contributed by atoms with Gasteiger partial charge in [-0.25, -0.2) is 4.39 Å². The molecule has 3 aromatic rings. The van der Waals surface area contributed by atoms with E-state index < -0.39 is 0 Å². The Morgan fingerprint density at radius 1 is 0.756 bits per heavy atom. The Morgan fingerprint density at radius 2 is 1.37 bits per heavy atom. The number of thiocarbonyl (C=S) groups is 1. The van der Waals surface area contributed by atoms with Gasteiger partial charge in [-0.15, -0.1) is 0 Å². The summed E-state index contributed by atoms with van der Waals surface area (Å²) < 4.78 is 13.6. The number of nitrogens with zero attached hydrogens (tertiary/aromatic N) is 5. The number of para-hydroxylation sites is 1. The summed E-state index contributed by atoms with van der Waals surface area (Å²) in [5, 5.41) is 7.30. The van der Waals surface area contributed by atoms with Gasteiger partial charge in [0.1, 0.15) is 17.5 Å². The van der Waals surface area contributed by atoms with Crippen molar-refractivity contribution in [3.63, 3.8) is 0 Å². The fraction of sp³-hybridized carbons (Fsp3) is 0.469. The summed E-state index contributed by atoms with van der Waals surface area (Å²) in [5.41, 5.74) is 2.40. The Hall–Kier alpha value is -3.46. The molecule has 3 heterocycles. The minimum absolute atomic E-state index is 0.0421. The van der Waals surface area contributed by atoms with Crippen LogP contribution in [0.5, 0.6) is 0 Å². The van der Waals surface area contributed by atoms with Gasteiger partial charge < -0.3 is 25.3 Å². The van der Waals surface area contributed by atoms with Crippen molar-refractivity contribution in [1.29, 1.82) is 0 Å². The van der Waals surface area contributed by atoms with E-state index in [0.717, 1.165) is 63.7 Å². The Balaban J connectivity index is 1.16. The van der Waals surface area contributed by atoms with Crippen LogP contribution in [0.3, 0.4) is 0 Å². The molecule has 41 heavy (non-hydrogen) atoms. The van der Waals surface area contributed by atoms with E-state index in [9.17, 15) is 4.39 Å². The molecule has 0 unspecified atom stereocenters. The number of anilines is 4. The van der Waals surface area contributed by atoms with E-state index in [-0.39, 0.29) is 11.2 Å². The van der Waals surface area contributed by atoms with Crippen LogP contribution in [0.4, 0.5) is 27.7 Å². The molecule has 1 saturated carbocycles. The molecule has 0 bridgehead atoms. The maximum absolute atomic E-state index is 13.6. The van der Waals surface area contributed by atoms with Gasteiger partial charge in [0.05, 0.1) is 0 Å². The van der Waals surface area contributed by atoms with Gasteiger partial charge in [-0.1, -0.05) is 43.2 Å². The van der Waals surface area contributed by atoms with Crippen LogP contribution in [-0.2, 0) is 5.41 Å². The highest BCUT2D eigenvalue weighted by atomic mass is 32.1. The van der Waals surface area contributed by atoms with E-state index in [1.54, 1.807) is 12.1 Å². The Kier molecular flexibility index (Phi) is 8.51. The predicted octanol–water partition coefficient (Wildman–Crippen LogP) is 5.73. The van der Waals surface area contributed by atoms with Gasteiger partial charge in [0.15, 0.2) is 5.11 Å². The monoisotopic (exact) mass is 573 g/mol. The third-order valence-corrected chi connectivity index (χ3v) is 9.18. The molecule has 7 nitrogen and oxygen atoms in total. The van der Waals surface area contributed by atoms with Crippen molar-refractivity contribution < 1.29 is 4.39 Å². The number of aromatic nitrogens is 2. The zero-order valence-electron chi connectivity index (χ0n) is 23.7. The van der Waals surface area contributed by atoms with Crippen LogP contribution in [0.25, 0.3) is 0 Å². The van der Waals surface area contributed by atoms with Crippen molar-refractivity contribution in [2.45, 2.75) is 50.4 Å². The van der Waals surface area contributed by atoms with Crippen LogP contribution in [0.2, 0.25) is 0 Å². The summed E-state index contributed by atoms with van der Waals surface area (Å²) in [6.45, 7) is 6.41. The lowest BCUT2D eigenvalue weighted by molar-refractivity contribution is 0.434. The molecule has 0 spiro atoms. The summed E-state index contributed by atoms with van der Waals surface area (Å²) in [4.78, 5) is 17.0.